The molecule has 0 aliphatic rings. The number of ether oxygens (including phenoxy) is 2. The summed E-state index contributed by atoms with van der Waals surface area (Å²) in [4.78, 5) is 0. The van der Waals surface area contributed by atoms with Gasteiger partial charge in [0.25, 0.3) is 6.41 Å². The van der Waals surface area contributed by atoms with Crippen LogP contribution in [-0.2, 0) is 9.47 Å². The van der Waals surface area contributed by atoms with Crippen molar-refractivity contribution in [3.8, 4) is 0 Å². The zero-order valence-corrected chi connectivity index (χ0v) is 6.60. The van der Waals surface area contributed by atoms with Crippen LogP contribution >= 0.6 is 0 Å². The second kappa shape index (κ2) is 4.05. The van der Waals surface area contributed by atoms with Crippen LogP contribution in [0.25, 0.3) is 0 Å². The highest BCUT2D eigenvalue weighted by Gasteiger charge is 2.07. The molecule has 0 saturated carbocycles. The normalized spacial score (nSPS) is 13.3. The summed E-state index contributed by atoms with van der Waals surface area (Å²) in [6, 6.07) is 0. The Balaban J connectivity index is 2.56. The Morgan fingerprint density at radius 2 is 2.45 bits per heavy atom. The molecule has 1 heterocycles. The molecule has 1 unspecified atom stereocenters. The van der Waals surface area contributed by atoms with Gasteiger partial charge in [0.1, 0.15) is 0 Å². The Hall–Kier alpha value is -0.940. The lowest BCUT2D eigenvalue weighted by atomic mass is 10.8. The van der Waals surface area contributed by atoms with Gasteiger partial charge in [-0.3, -0.25) is 0 Å². The van der Waals surface area contributed by atoms with Crippen LogP contribution in [0.15, 0.2) is 12.4 Å². The molecule has 1 rings (SSSR count). The van der Waals surface area contributed by atoms with E-state index in [0.29, 0.717) is 6.61 Å². The van der Waals surface area contributed by atoms with E-state index in [0.717, 1.165) is 0 Å². The van der Waals surface area contributed by atoms with Crippen LogP contribution < -0.4 is 0 Å². The van der Waals surface area contributed by atoms with Gasteiger partial charge in [-0.1, -0.05) is 5.21 Å². The lowest BCUT2D eigenvalue weighted by Crippen LogP contribution is -2.15. The molecule has 0 amide bonds. The molecule has 0 radical (unpaired) electrons. The van der Waals surface area contributed by atoms with Gasteiger partial charge in [0.15, 0.2) is 0 Å². The van der Waals surface area contributed by atoms with Crippen molar-refractivity contribution in [2.45, 2.75) is 13.3 Å². The lowest BCUT2D eigenvalue weighted by Gasteiger charge is -2.13. The van der Waals surface area contributed by atoms with Gasteiger partial charge >= 0.3 is 0 Å². The Bertz CT molecular complexity index is 188. The summed E-state index contributed by atoms with van der Waals surface area (Å²) in [6.45, 7) is 2.47. The highest BCUT2D eigenvalue weighted by atomic mass is 16.7. The highest BCUT2D eigenvalue weighted by Crippen LogP contribution is 2.04. The van der Waals surface area contributed by atoms with E-state index in [2.05, 4.69) is 10.3 Å². The monoisotopic (exact) mass is 157 g/mol. The quantitative estimate of drug-likeness (QED) is 0.594. The van der Waals surface area contributed by atoms with Gasteiger partial charge in [-0.2, -0.15) is 4.68 Å². The maximum absolute atomic E-state index is 5.17. The van der Waals surface area contributed by atoms with Gasteiger partial charge in [0.2, 0.25) is 0 Å². The Labute approximate surface area is 64.9 Å². The lowest BCUT2D eigenvalue weighted by molar-refractivity contribution is -0.178. The molecule has 5 heteroatoms. The molecule has 0 spiro atoms. The third kappa shape index (κ3) is 1.99. The molecule has 0 fully saturated rings. The maximum atomic E-state index is 5.17. The summed E-state index contributed by atoms with van der Waals surface area (Å²) in [5.74, 6) is 0. The molecule has 1 atom stereocenters. The summed E-state index contributed by atoms with van der Waals surface area (Å²) in [7, 11) is 1.56. The van der Waals surface area contributed by atoms with Crippen LogP contribution in [0.4, 0.5) is 0 Å². The Morgan fingerprint density at radius 1 is 1.64 bits per heavy atom. The molecule has 0 aliphatic carbocycles. The summed E-state index contributed by atoms with van der Waals surface area (Å²) >= 11 is 0. The van der Waals surface area contributed by atoms with Crippen LogP contribution in [0.1, 0.15) is 13.3 Å². The van der Waals surface area contributed by atoms with E-state index >= 15 is 0 Å². The fourth-order valence-corrected chi connectivity index (χ4v) is 0.725. The number of hydrogen-bond donors (Lipinski definition) is 0. The van der Waals surface area contributed by atoms with E-state index in [1.165, 1.54) is 4.68 Å². The first-order valence-electron chi connectivity index (χ1n) is 3.38. The zero-order chi connectivity index (χ0) is 8.10. The fourth-order valence-electron chi connectivity index (χ4n) is 0.725. The average Bonchev–Trinajstić information content (AvgIpc) is 2.52. The number of nitrogens with zero attached hydrogens (tertiary/aromatic N) is 3. The van der Waals surface area contributed by atoms with Crippen molar-refractivity contribution in [3.05, 3.63) is 12.4 Å². The van der Waals surface area contributed by atoms with Gasteiger partial charge in [-0.25, -0.2) is 0 Å². The van der Waals surface area contributed by atoms with Gasteiger partial charge < -0.3 is 9.47 Å². The van der Waals surface area contributed by atoms with Gasteiger partial charge in [-0.05, 0) is 6.92 Å². The van der Waals surface area contributed by atoms with E-state index in [1.54, 1.807) is 19.5 Å². The van der Waals surface area contributed by atoms with E-state index in [4.69, 9.17) is 9.47 Å². The first kappa shape index (κ1) is 8.16. The molecule has 0 aliphatic heterocycles. The third-order valence-corrected chi connectivity index (χ3v) is 1.17. The first-order chi connectivity index (χ1) is 5.38. The van der Waals surface area contributed by atoms with Crippen molar-refractivity contribution in [2.24, 2.45) is 0 Å². The molecular weight excluding hydrogens is 146 g/mol. The number of hydrogen-bond acceptors (Lipinski definition) is 4. The summed E-state index contributed by atoms with van der Waals surface area (Å²) in [6.07, 6.45) is 2.80. The number of methoxy groups -OCH3 is 1. The number of rotatable bonds is 4. The van der Waals surface area contributed by atoms with Crippen LogP contribution in [0, 0.1) is 0 Å². The Kier molecular flexibility index (Phi) is 3.00. The van der Waals surface area contributed by atoms with Gasteiger partial charge in [0.05, 0.1) is 12.4 Å². The Morgan fingerprint density at radius 3 is 2.91 bits per heavy atom. The molecule has 0 saturated heterocycles. The SMILES string of the molecule is CCOC(OC)n1ccnn1. The number of aromatic nitrogens is 3. The van der Waals surface area contributed by atoms with E-state index < -0.39 is 6.41 Å². The topological polar surface area (TPSA) is 49.2 Å². The first-order valence-corrected chi connectivity index (χ1v) is 3.38. The van der Waals surface area contributed by atoms with E-state index in [-0.39, 0.29) is 0 Å². The molecule has 0 bridgehead atoms. The molecular formula is C6H11N3O2. The van der Waals surface area contributed by atoms with Gasteiger partial charge in [-0.15, -0.1) is 5.10 Å². The van der Waals surface area contributed by atoms with Crippen LogP contribution in [0.3, 0.4) is 0 Å². The second-order valence-electron chi connectivity index (χ2n) is 1.88. The summed E-state index contributed by atoms with van der Waals surface area (Å²) in [5, 5.41) is 7.35. The molecule has 1 aromatic rings. The maximum Gasteiger partial charge on any atom is 0.260 e. The van der Waals surface area contributed by atoms with Crippen molar-refractivity contribution in [2.75, 3.05) is 13.7 Å². The van der Waals surface area contributed by atoms with Crippen LogP contribution in [-0.4, -0.2) is 28.7 Å². The average molecular weight is 157 g/mol. The highest BCUT2D eigenvalue weighted by molar-refractivity contribution is 4.63. The zero-order valence-electron chi connectivity index (χ0n) is 6.60. The molecule has 62 valence electrons. The minimum absolute atomic E-state index is 0.456. The molecule has 0 aromatic carbocycles. The predicted molar refractivity (Wildman–Crippen MR) is 37.7 cm³/mol. The van der Waals surface area contributed by atoms with E-state index in [1.807, 2.05) is 6.92 Å². The minimum atomic E-state index is -0.456. The van der Waals surface area contributed by atoms with Crippen molar-refractivity contribution in [1.29, 1.82) is 0 Å². The van der Waals surface area contributed by atoms with Crippen molar-refractivity contribution in [3.63, 3.8) is 0 Å². The summed E-state index contributed by atoms with van der Waals surface area (Å²) < 4.78 is 11.7. The fraction of sp³-hybridized carbons (Fsp3) is 0.667. The van der Waals surface area contributed by atoms with E-state index in [9.17, 15) is 0 Å². The third-order valence-electron chi connectivity index (χ3n) is 1.17. The second-order valence-corrected chi connectivity index (χ2v) is 1.88. The molecule has 0 N–H and O–H groups in total. The minimum Gasteiger partial charge on any atom is -0.337 e. The van der Waals surface area contributed by atoms with Crippen molar-refractivity contribution < 1.29 is 9.47 Å². The molecule has 5 nitrogen and oxygen atoms in total. The largest absolute Gasteiger partial charge is 0.337 e. The van der Waals surface area contributed by atoms with Crippen LogP contribution in [0.2, 0.25) is 0 Å². The standard InChI is InChI=1S/C6H11N3O2/c1-3-11-6(10-2)9-5-4-7-8-9/h4-6H,3H2,1-2H3. The van der Waals surface area contributed by atoms with Crippen LogP contribution in [0.5, 0.6) is 0 Å². The van der Waals surface area contributed by atoms with Crippen molar-refractivity contribution >= 4 is 0 Å². The molecule has 11 heavy (non-hydrogen) atoms. The van der Waals surface area contributed by atoms with Crippen molar-refractivity contribution in [1.82, 2.24) is 15.0 Å². The molecule has 1 aromatic heterocycles. The smallest absolute Gasteiger partial charge is 0.260 e. The summed E-state index contributed by atoms with van der Waals surface area (Å²) in [5.41, 5.74) is 0. The predicted octanol–water partition coefficient (Wildman–Crippen LogP) is 0.417. The van der Waals surface area contributed by atoms with Gasteiger partial charge in [0, 0.05) is 13.7 Å².